The molecule has 8 heteroatoms. The van der Waals surface area contributed by atoms with Gasteiger partial charge in [0.1, 0.15) is 6.04 Å². The summed E-state index contributed by atoms with van der Waals surface area (Å²) in [4.78, 5) is 11.5. The van der Waals surface area contributed by atoms with E-state index in [2.05, 4.69) is 0 Å². The molecule has 1 aliphatic carbocycles. The Morgan fingerprint density at radius 2 is 2.00 bits per heavy atom. The first-order valence-corrected chi connectivity index (χ1v) is 9.99. The summed E-state index contributed by atoms with van der Waals surface area (Å²) >= 11 is 1.49. The van der Waals surface area contributed by atoms with Crippen LogP contribution in [0.3, 0.4) is 0 Å². The van der Waals surface area contributed by atoms with E-state index in [9.17, 15) is 18.3 Å². The van der Waals surface area contributed by atoms with Gasteiger partial charge in [-0.2, -0.15) is 17.0 Å². The summed E-state index contributed by atoms with van der Waals surface area (Å²) < 4.78 is 28.7. The van der Waals surface area contributed by atoms with Crippen molar-refractivity contribution >= 4 is 27.9 Å². The Hall–Kier alpha value is -0.310. The third-order valence-electron chi connectivity index (χ3n) is 4.51. The predicted octanol–water partition coefficient (Wildman–Crippen LogP) is 1.20. The molecule has 2 aliphatic heterocycles. The first-order chi connectivity index (χ1) is 9.91. The van der Waals surface area contributed by atoms with E-state index in [0.29, 0.717) is 30.7 Å². The number of hydrogen-bond acceptors (Lipinski definition) is 4. The van der Waals surface area contributed by atoms with Gasteiger partial charge in [0, 0.05) is 18.8 Å². The number of aliphatic carboxylic acids is 1. The smallest absolute Gasteiger partial charge is 0.322 e. The van der Waals surface area contributed by atoms with E-state index in [1.54, 1.807) is 0 Å². The van der Waals surface area contributed by atoms with Gasteiger partial charge < -0.3 is 5.11 Å². The summed E-state index contributed by atoms with van der Waals surface area (Å²) in [6.45, 7) is 3.07. The van der Waals surface area contributed by atoms with Crippen LogP contribution in [0.4, 0.5) is 0 Å². The predicted molar refractivity (Wildman–Crippen MR) is 81.1 cm³/mol. The zero-order chi connectivity index (χ0) is 15.2. The van der Waals surface area contributed by atoms with Crippen LogP contribution in [0.2, 0.25) is 0 Å². The molecule has 0 bridgehead atoms. The van der Waals surface area contributed by atoms with E-state index >= 15 is 0 Å². The van der Waals surface area contributed by atoms with Gasteiger partial charge >= 0.3 is 5.97 Å². The Kier molecular flexibility index (Phi) is 4.24. The highest BCUT2D eigenvalue weighted by atomic mass is 32.2. The van der Waals surface area contributed by atoms with Gasteiger partial charge in [-0.05, 0) is 37.5 Å². The summed E-state index contributed by atoms with van der Waals surface area (Å²) in [6.07, 6.45) is 3.90. The number of carbonyl (C=O) groups is 1. The molecule has 6 nitrogen and oxygen atoms in total. The number of nitrogens with zero attached hydrogens (tertiary/aromatic N) is 2. The van der Waals surface area contributed by atoms with Crippen LogP contribution < -0.4 is 0 Å². The molecule has 3 aliphatic rings. The molecule has 0 aromatic heterocycles. The van der Waals surface area contributed by atoms with Crippen LogP contribution in [0.5, 0.6) is 0 Å². The molecule has 3 fully saturated rings. The van der Waals surface area contributed by atoms with Crippen LogP contribution in [-0.2, 0) is 15.0 Å². The summed E-state index contributed by atoms with van der Waals surface area (Å²) in [5, 5.41) is 9.19. The number of carboxylic acid groups (broad SMARTS) is 1. The van der Waals surface area contributed by atoms with Gasteiger partial charge in [-0.25, -0.2) is 0 Å². The Bertz CT molecular complexity index is 520. The fourth-order valence-corrected chi connectivity index (χ4v) is 7.32. The average molecular weight is 334 g/mol. The van der Waals surface area contributed by atoms with Gasteiger partial charge in [-0.15, -0.1) is 11.8 Å². The van der Waals surface area contributed by atoms with Crippen LogP contribution in [0, 0.1) is 11.8 Å². The topological polar surface area (TPSA) is 77.9 Å². The lowest BCUT2D eigenvalue weighted by Gasteiger charge is -2.36. The average Bonchev–Trinajstić information content (AvgIpc) is 3.16. The first kappa shape index (κ1) is 15.6. The van der Waals surface area contributed by atoms with E-state index < -0.39 is 22.2 Å². The molecule has 0 aromatic rings. The molecule has 0 amide bonds. The van der Waals surface area contributed by atoms with E-state index in [1.165, 1.54) is 20.4 Å². The zero-order valence-electron chi connectivity index (χ0n) is 12.1. The molecular formula is C13H22N2O4S2. The normalized spacial score (nSPS) is 36.0. The minimum atomic E-state index is -3.68. The largest absolute Gasteiger partial charge is 0.480 e. The number of piperidine rings is 1. The fourth-order valence-electron chi connectivity index (χ4n) is 3.20. The van der Waals surface area contributed by atoms with Crippen molar-refractivity contribution in [3.05, 3.63) is 0 Å². The molecule has 1 N–H and O–H groups in total. The second kappa shape index (κ2) is 5.72. The van der Waals surface area contributed by atoms with E-state index in [-0.39, 0.29) is 5.37 Å². The molecule has 1 saturated carbocycles. The van der Waals surface area contributed by atoms with Gasteiger partial charge in [0.2, 0.25) is 0 Å². The summed E-state index contributed by atoms with van der Waals surface area (Å²) in [5.41, 5.74) is 0. The summed E-state index contributed by atoms with van der Waals surface area (Å²) in [6, 6.07) is -0.914. The quantitative estimate of drug-likeness (QED) is 0.836. The van der Waals surface area contributed by atoms with Gasteiger partial charge in [-0.3, -0.25) is 4.79 Å². The molecule has 3 unspecified atom stereocenters. The minimum absolute atomic E-state index is 0.187. The highest BCUT2D eigenvalue weighted by molar-refractivity contribution is 8.01. The van der Waals surface area contributed by atoms with Crippen LogP contribution >= 0.6 is 11.8 Å². The van der Waals surface area contributed by atoms with E-state index in [1.807, 2.05) is 6.92 Å². The van der Waals surface area contributed by atoms with E-state index in [4.69, 9.17) is 0 Å². The molecule has 120 valence electrons. The number of rotatable bonds is 4. The molecule has 0 radical (unpaired) electrons. The number of thioether (sulfide) groups is 1. The lowest BCUT2D eigenvalue weighted by molar-refractivity contribution is -0.140. The maximum Gasteiger partial charge on any atom is 0.322 e. The molecule has 2 saturated heterocycles. The Balaban J connectivity index is 1.87. The Labute approximate surface area is 130 Å². The lowest BCUT2D eigenvalue weighted by Crippen LogP contribution is -2.54. The highest BCUT2D eigenvalue weighted by Crippen LogP contribution is 2.47. The number of carboxylic acids is 1. The number of hydrogen-bond donors (Lipinski definition) is 1. The van der Waals surface area contributed by atoms with Crippen molar-refractivity contribution in [2.24, 2.45) is 11.8 Å². The van der Waals surface area contributed by atoms with Gasteiger partial charge in [-0.1, -0.05) is 6.92 Å². The Morgan fingerprint density at radius 3 is 2.57 bits per heavy atom. The van der Waals surface area contributed by atoms with Crippen molar-refractivity contribution < 1.29 is 18.3 Å². The van der Waals surface area contributed by atoms with Gasteiger partial charge in [0.15, 0.2) is 0 Å². The third-order valence-corrected chi connectivity index (χ3v) is 8.10. The first-order valence-electron chi connectivity index (χ1n) is 7.54. The van der Waals surface area contributed by atoms with Gasteiger partial charge in [0.05, 0.1) is 5.37 Å². The van der Waals surface area contributed by atoms with Crippen LogP contribution in [0.15, 0.2) is 0 Å². The van der Waals surface area contributed by atoms with E-state index in [0.717, 1.165) is 25.7 Å². The third kappa shape index (κ3) is 2.95. The van der Waals surface area contributed by atoms with Crippen LogP contribution in [-0.4, -0.2) is 58.4 Å². The maximum absolute atomic E-state index is 13.0. The summed E-state index contributed by atoms with van der Waals surface area (Å²) in [5.74, 6) is 0.00103. The van der Waals surface area contributed by atoms with Crippen molar-refractivity contribution in [1.29, 1.82) is 0 Å². The zero-order valence-corrected chi connectivity index (χ0v) is 13.8. The molecule has 0 aromatic carbocycles. The van der Waals surface area contributed by atoms with Crippen molar-refractivity contribution in [1.82, 2.24) is 8.61 Å². The standard InChI is InChI=1S/C13H22N2O4S2/c1-9-3-2-6-14(7-9)21(18,19)15-11(13(16)17)8-20-12(15)10-4-5-10/h9-12H,2-8H2,1H3,(H,16,17). The van der Waals surface area contributed by atoms with Crippen molar-refractivity contribution in [3.8, 4) is 0 Å². The SMILES string of the molecule is CC1CCCN(S(=O)(=O)N2C(C(=O)O)CSC2C2CC2)C1. The van der Waals surface area contributed by atoms with Crippen LogP contribution in [0.1, 0.15) is 32.6 Å². The summed E-state index contributed by atoms with van der Waals surface area (Å²) in [7, 11) is -3.68. The minimum Gasteiger partial charge on any atom is -0.480 e. The monoisotopic (exact) mass is 334 g/mol. The molecule has 2 heterocycles. The van der Waals surface area contributed by atoms with Gasteiger partial charge in [0.25, 0.3) is 10.2 Å². The Morgan fingerprint density at radius 1 is 1.29 bits per heavy atom. The molecule has 0 spiro atoms. The van der Waals surface area contributed by atoms with Crippen LogP contribution in [0.25, 0.3) is 0 Å². The molecule has 3 rings (SSSR count). The molecular weight excluding hydrogens is 312 g/mol. The molecule has 21 heavy (non-hydrogen) atoms. The maximum atomic E-state index is 13.0. The fraction of sp³-hybridized carbons (Fsp3) is 0.923. The lowest BCUT2D eigenvalue weighted by atomic mass is 10.0. The highest BCUT2D eigenvalue weighted by Gasteiger charge is 2.52. The van der Waals surface area contributed by atoms with Crippen molar-refractivity contribution in [3.63, 3.8) is 0 Å². The second-order valence-electron chi connectivity index (χ2n) is 6.36. The van der Waals surface area contributed by atoms with Crippen molar-refractivity contribution in [2.75, 3.05) is 18.8 Å². The second-order valence-corrected chi connectivity index (χ2v) is 9.34. The molecule has 3 atom stereocenters. The van der Waals surface area contributed by atoms with Crippen molar-refractivity contribution in [2.45, 2.75) is 44.0 Å².